The van der Waals surface area contributed by atoms with Gasteiger partial charge in [-0.25, -0.2) is 9.48 Å². The molecule has 6 heteroatoms. The zero-order valence-corrected chi connectivity index (χ0v) is 11.7. The van der Waals surface area contributed by atoms with Gasteiger partial charge in [0.1, 0.15) is 0 Å². The molecule has 0 atom stereocenters. The Bertz CT molecular complexity index is 643. The monoisotopic (exact) mass is 274 g/mol. The molecule has 0 aliphatic carbocycles. The predicted molar refractivity (Wildman–Crippen MR) is 76.2 cm³/mol. The first kappa shape index (κ1) is 14.0. The maximum atomic E-state index is 12.1. The fourth-order valence-electron chi connectivity index (χ4n) is 1.90. The van der Waals surface area contributed by atoms with Gasteiger partial charge in [-0.15, -0.1) is 5.10 Å². The Kier molecular flexibility index (Phi) is 4.34. The molecule has 6 nitrogen and oxygen atoms in total. The number of nitrogens with one attached hydrogen (secondary N) is 1. The third-order valence-electron chi connectivity index (χ3n) is 3.04. The van der Waals surface area contributed by atoms with Crippen LogP contribution in [0, 0.1) is 0 Å². The van der Waals surface area contributed by atoms with Crippen molar-refractivity contribution >= 4 is 5.91 Å². The topological polar surface area (TPSA) is 68.9 Å². The van der Waals surface area contributed by atoms with Gasteiger partial charge >= 0.3 is 5.69 Å². The number of carbonyl (C=O) groups is 1. The van der Waals surface area contributed by atoms with Crippen LogP contribution in [0.4, 0.5) is 0 Å². The average Bonchev–Trinajstić information content (AvgIpc) is 2.76. The highest BCUT2D eigenvalue weighted by molar-refractivity contribution is 5.75. The van der Waals surface area contributed by atoms with E-state index in [1.165, 1.54) is 9.25 Å². The molecule has 0 unspecified atom stereocenters. The minimum Gasteiger partial charge on any atom is -0.354 e. The van der Waals surface area contributed by atoms with Crippen molar-refractivity contribution in [1.82, 2.24) is 19.7 Å². The zero-order valence-electron chi connectivity index (χ0n) is 11.7. The SMILES string of the molecule is CCC(=O)NCCn1nc(-c2ccccc2)n(C)c1=O. The van der Waals surface area contributed by atoms with E-state index in [4.69, 9.17) is 0 Å². The summed E-state index contributed by atoms with van der Waals surface area (Å²) in [6.45, 7) is 2.55. The number of benzene rings is 1. The maximum absolute atomic E-state index is 12.1. The fourth-order valence-corrected chi connectivity index (χ4v) is 1.90. The second-order valence-corrected chi connectivity index (χ2v) is 4.46. The van der Waals surface area contributed by atoms with Crippen LogP contribution in [-0.4, -0.2) is 26.8 Å². The first-order chi connectivity index (χ1) is 9.63. The van der Waals surface area contributed by atoms with Crippen molar-refractivity contribution in [3.05, 3.63) is 40.8 Å². The zero-order chi connectivity index (χ0) is 14.5. The molecule has 0 bridgehead atoms. The Hall–Kier alpha value is -2.37. The lowest BCUT2D eigenvalue weighted by Crippen LogP contribution is -2.31. The van der Waals surface area contributed by atoms with Crippen LogP contribution in [0.2, 0.25) is 0 Å². The highest BCUT2D eigenvalue weighted by Crippen LogP contribution is 2.13. The van der Waals surface area contributed by atoms with Gasteiger partial charge in [0, 0.05) is 25.6 Å². The number of carbonyl (C=O) groups excluding carboxylic acids is 1. The number of aromatic nitrogens is 3. The molecule has 0 saturated heterocycles. The van der Waals surface area contributed by atoms with Crippen LogP contribution in [0.1, 0.15) is 13.3 Å². The Balaban J connectivity index is 2.16. The molecule has 1 heterocycles. The van der Waals surface area contributed by atoms with Crippen LogP contribution in [0.3, 0.4) is 0 Å². The van der Waals surface area contributed by atoms with Gasteiger partial charge in [-0.3, -0.25) is 9.36 Å². The molecule has 2 aromatic rings. The molecule has 0 saturated carbocycles. The Labute approximate surface area is 117 Å². The molecular formula is C14H18N4O2. The van der Waals surface area contributed by atoms with Crippen LogP contribution >= 0.6 is 0 Å². The minimum atomic E-state index is -0.186. The van der Waals surface area contributed by atoms with E-state index in [2.05, 4.69) is 10.4 Å². The molecule has 20 heavy (non-hydrogen) atoms. The van der Waals surface area contributed by atoms with E-state index in [1.54, 1.807) is 14.0 Å². The predicted octanol–water partition coefficient (Wildman–Crippen LogP) is 0.775. The van der Waals surface area contributed by atoms with E-state index in [1.807, 2.05) is 30.3 Å². The van der Waals surface area contributed by atoms with E-state index in [9.17, 15) is 9.59 Å². The van der Waals surface area contributed by atoms with Gasteiger partial charge in [-0.1, -0.05) is 37.3 Å². The van der Waals surface area contributed by atoms with Gasteiger partial charge < -0.3 is 5.32 Å². The summed E-state index contributed by atoms with van der Waals surface area (Å²) in [5.41, 5.74) is 0.707. The van der Waals surface area contributed by atoms with Crippen LogP contribution in [0.5, 0.6) is 0 Å². The normalized spacial score (nSPS) is 10.5. The van der Waals surface area contributed by atoms with E-state index in [0.717, 1.165) is 5.56 Å². The van der Waals surface area contributed by atoms with Crippen molar-refractivity contribution in [2.45, 2.75) is 19.9 Å². The van der Waals surface area contributed by atoms with E-state index >= 15 is 0 Å². The summed E-state index contributed by atoms with van der Waals surface area (Å²) in [4.78, 5) is 23.2. The van der Waals surface area contributed by atoms with Crippen LogP contribution in [0.15, 0.2) is 35.1 Å². The summed E-state index contributed by atoms with van der Waals surface area (Å²) in [5, 5.41) is 7.05. The minimum absolute atomic E-state index is 0.0303. The van der Waals surface area contributed by atoms with Crippen molar-refractivity contribution in [3.8, 4) is 11.4 Å². The molecule has 106 valence electrons. The standard InChI is InChI=1S/C14H18N4O2/c1-3-12(19)15-9-10-18-14(20)17(2)13(16-18)11-7-5-4-6-8-11/h4-8H,3,9-10H2,1-2H3,(H,15,19). The molecule has 0 radical (unpaired) electrons. The molecule has 1 amide bonds. The van der Waals surface area contributed by atoms with E-state index in [0.29, 0.717) is 25.3 Å². The highest BCUT2D eigenvalue weighted by atomic mass is 16.2. The van der Waals surface area contributed by atoms with Gasteiger partial charge in [0.05, 0.1) is 6.54 Å². The lowest BCUT2D eigenvalue weighted by molar-refractivity contribution is -0.120. The van der Waals surface area contributed by atoms with Gasteiger partial charge in [-0.2, -0.15) is 0 Å². The third-order valence-corrected chi connectivity index (χ3v) is 3.04. The lowest BCUT2D eigenvalue weighted by Gasteiger charge is -2.02. The third kappa shape index (κ3) is 2.96. The Morgan fingerprint density at radius 2 is 2.00 bits per heavy atom. The highest BCUT2D eigenvalue weighted by Gasteiger charge is 2.11. The average molecular weight is 274 g/mol. The molecule has 1 N–H and O–H groups in total. The Morgan fingerprint density at radius 3 is 2.65 bits per heavy atom. The number of hydrogen-bond donors (Lipinski definition) is 1. The van der Waals surface area contributed by atoms with Crippen molar-refractivity contribution in [3.63, 3.8) is 0 Å². The van der Waals surface area contributed by atoms with E-state index < -0.39 is 0 Å². The van der Waals surface area contributed by atoms with Crippen molar-refractivity contribution < 1.29 is 4.79 Å². The molecule has 0 spiro atoms. The molecule has 2 rings (SSSR count). The molecule has 0 fully saturated rings. The summed E-state index contributed by atoms with van der Waals surface area (Å²) in [5.74, 6) is 0.592. The number of rotatable bonds is 5. The summed E-state index contributed by atoms with van der Waals surface area (Å²) >= 11 is 0. The van der Waals surface area contributed by atoms with E-state index in [-0.39, 0.29) is 11.6 Å². The maximum Gasteiger partial charge on any atom is 0.345 e. The molecule has 1 aromatic heterocycles. The summed E-state index contributed by atoms with van der Waals surface area (Å²) in [6, 6.07) is 9.54. The Morgan fingerprint density at radius 1 is 1.30 bits per heavy atom. The molecule has 0 aliphatic rings. The largest absolute Gasteiger partial charge is 0.354 e. The van der Waals surface area contributed by atoms with Gasteiger partial charge in [0.2, 0.25) is 5.91 Å². The van der Waals surface area contributed by atoms with Crippen LogP contribution in [0.25, 0.3) is 11.4 Å². The molecule has 0 aliphatic heterocycles. The number of hydrogen-bond acceptors (Lipinski definition) is 3. The van der Waals surface area contributed by atoms with Crippen LogP contribution in [-0.2, 0) is 18.4 Å². The summed E-state index contributed by atoms with van der Waals surface area (Å²) in [7, 11) is 1.69. The number of amides is 1. The van der Waals surface area contributed by atoms with Crippen molar-refractivity contribution in [2.24, 2.45) is 7.05 Å². The fraction of sp³-hybridized carbons (Fsp3) is 0.357. The molecule has 1 aromatic carbocycles. The van der Waals surface area contributed by atoms with Gasteiger partial charge in [0.15, 0.2) is 5.82 Å². The summed E-state index contributed by atoms with van der Waals surface area (Å²) in [6.07, 6.45) is 0.437. The second-order valence-electron chi connectivity index (χ2n) is 4.46. The second kappa shape index (κ2) is 6.18. The van der Waals surface area contributed by atoms with Crippen molar-refractivity contribution in [2.75, 3.05) is 6.54 Å². The first-order valence-electron chi connectivity index (χ1n) is 6.59. The first-order valence-corrected chi connectivity index (χ1v) is 6.59. The number of nitrogens with zero attached hydrogens (tertiary/aromatic N) is 3. The van der Waals surface area contributed by atoms with Gasteiger partial charge in [-0.05, 0) is 0 Å². The lowest BCUT2D eigenvalue weighted by atomic mass is 10.2. The quantitative estimate of drug-likeness (QED) is 0.875. The smallest absolute Gasteiger partial charge is 0.345 e. The molecular weight excluding hydrogens is 256 g/mol. The summed E-state index contributed by atoms with van der Waals surface area (Å²) < 4.78 is 2.88. The van der Waals surface area contributed by atoms with Crippen LogP contribution < -0.4 is 11.0 Å². The van der Waals surface area contributed by atoms with Gasteiger partial charge in [0.25, 0.3) is 0 Å². The van der Waals surface area contributed by atoms with Crippen molar-refractivity contribution in [1.29, 1.82) is 0 Å².